The van der Waals surface area contributed by atoms with Crippen LogP contribution in [-0.2, 0) is 20.9 Å². The standard InChI is InChI=1S/C16H23N3O3/c1-12(17)7-8-18-16(21)14-10-22-11-15(20)19(14)9-13-5-3-2-4-6-13/h2-6,12,14H,7-11,17H2,1H3,(H,18,21)/t12?,14-/m1/s1. The molecule has 0 saturated carbocycles. The van der Waals surface area contributed by atoms with Gasteiger partial charge in [0.25, 0.3) is 0 Å². The zero-order valence-corrected chi connectivity index (χ0v) is 12.8. The van der Waals surface area contributed by atoms with Crippen LogP contribution >= 0.6 is 0 Å². The third-order valence-electron chi connectivity index (χ3n) is 3.60. The van der Waals surface area contributed by atoms with Crippen molar-refractivity contribution in [1.29, 1.82) is 0 Å². The maximum Gasteiger partial charge on any atom is 0.249 e. The van der Waals surface area contributed by atoms with Crippen LogP contribution in [0, 0.1) is 0 Å². The predicted octanol–water partition coefficient (Wildman–Crippen LogP) is 0.268. The summed E-state index contributed by atoms with van der Waals surface area (Å²) in [4.78, 5) is 26.0. The summed E-state index contributed by atoms with van der Waals surface area (Å²) in [6, 6.07) is 9.07. The molecule has 2 amide bonds. The van der Waals surface area contributed by atoms with E-state index in [1.54, 1.807) is 4.90 Å². The second-order valence-corrected chi connectivity index (χ2v) is 5.60. The highest BCUT2D eigenvalue weighted by Gasteiger charge is 2.33. The number of hydrogen-bond acceptors (Lipinski definition) is 4. The molecule has 6 nitrogen and oxygen atoms in total. The van der Waals surface area contributed by atoms with Gasteiger partial charge < -0.3 is 20.7 Å². The quantitative estimate of drug-likeness (QED) is 0.790. The van der Waals surface area contributed by atoms with E-state index in [4.69, 9.17) is 10.5 Å². The molecule has 6 heteroatoms. The fraction of sp³-hybridized carbons (Fsp3) is 0.500. The second-order valence-electron chi connectivity index (χ2n) is 5.60. The number of amides is 2. The van der Waals surface area contributed by atoms with Gasteiger partial charge in [-0.15, -0.1) is 0 Å². The lowest BCUT2D eigenvalue weighted by Crippen LogP contribution is -2.56. The first-order valence-electron chi connectivity index (χ1n) is 7.52. The zero-order chi connectivity index (χ0) is 15.9. The minimum absolute atomic E-state index is 0.0243. The van der Waals surface area contributed by atoms with E-state index in [1.807, 2.05) is 37.3 Å². The van der Waals surface area contributed by atoms with E-state index >= 15 is 0 Å². The molecule has 1 aromatic rings. The number of nitrogens with zero attached hydrogens (tertiary/aromatic N) is 1. The highest BCUT2D eigenvalue weighted by Crippen LogP contribution is 2.13. The van der Waals surface area contributed by atoms with Crippen molar-refractivity contribution in [3.05, 3.63) is 35.9 Å². The van der Waals surface area contributed by atoms with Gasteiger partial charge in [0, 0.05) is 19.1 Å². The van der Waals surface area contributed by atoms with Crippen LogP contribution in [0.15, 0.2) is 30.3 Å². The SMILES string of the molecule is CC(N)CCNC(=O)[C@H]1COCC(=O)N1Cc1ccccc1. The number of benzene rings is 1. The molecule has 3 N–H and O–H groups in total. The lowest BCUT2D eigenvalue weighted by molar-refractivity contribution is -0.155. The first-order valence-corrected chi connectivity index (χ1v) is 7.52. The first-order chi connectivity index (χ1) is 10.6. The maximum absolute atomic E-state index is 12.3. The summed E-state index contributed by atoms with van der Waals surface area (Å²) >= 11 is 0. The molecule has 1 unspecified atom stereocenters. The molecule has 2 rings (SSSR count). The Bertz CT molecular complexity index is 505. The highest BCUT2D eigenvalue weighted by molar-refractivity contribution is 5.89. The van der Waals surface area contributed by atoms with Gasteiger partial charge in [-0.05, 0) is 18.9 Å². The molecule has 1 aromatic carbocycles. The zero-order valence-electron chi connectivity index (χ0n) is 12.8. The fourth-order valence-corrected chi connectivity index (χ4v) is 2.34. The Kier molecular flexibility index (Phi) is 5.91. The molecule has 0 aromatic heterocycles. The number of nitrogens with two attached hydrogens (primary N) is 1. The number of carbonyl (C=O) groups excluding carboxylic acids is 2. The van der Waals surface area contributed by atoms with Crippen molar-refractivity contribution in [3.8, 4) is 0 Å². The van der Waals surface area contributed by atoms with E-state index in [9.17, 15) is 9.59 Å². The fourth-order valence-electron chi connectivity index (χ4n) is 2.34. The first kappa shape index (κ1) is 16.5. The minimum atomic E-state index is -0.588. The molecule has 0 spiro atoms. The Hall–Kier alpha value is -1.92. The Morgan fingerprint density at radius 3 is 2.86 bits per heavy atom. The molecule has 1 saturated heterocycles. The van der Waals surface area contributed by atoms with Crippen LogP contribution < -0.4 is 11.1 Å². The van der Waals surface area contributed by atoms with Gasteiger partial charge in [0.1, 0.15) is 12.6 Å². The normalized spacial score (nSPS) is 19.8. The average molecular weight is 305 g/mol. The second kappa shape index (κ2) is 7.91. The van der Waals surface area contributed by atoms with E-state index in [0.717, 1.165) is 5.56 Å². The van der Waals surface area contributed by atoms with E-state index in [1.165, 1.54) is 0 Å². The van der Waals surface area contributed by atoms with E-state index in [2.05, 4.69) is 5.32 Å². The molecular formula is C16H23N3O3. The van der Waals surface area contributed by atoms with Gasteiger partial charge >= 0.3 is 0 Å². The van der Waals surface area contributed by atoms with Gasteiger partial charge in [-0.1, -0.05) is 30.3 Å². The number of carbonyl (C=O) groups is 2. The Balaban J connectivity index is 2.00. The molecule has 1 fully saturated rings. The molecule has 0 bridgehead atoms. The summed E-state index contributed by atoms with van der Waals surface area (Å²) in [5.41, 5.74) is 6.66. The minimum Gasteiger partial charge on any atom is -0.369 e. The summed E-state index contributed by atoms with van der Waals surface area (Å²) in [5, 5.41) is 2.83. The Labute approximate surface area is 130 Å². The van der Waals surface area contributed by atoms with Crippen molar-refractivity contribution >= 4 is 11.8 Å². The van der Waals surface area contributed by atoms with Crippen LogP contribution in [0.3, 0.4) is 0 Å². The van der Waals surface area contributed by atoms with Gasteiger partial charge in [0.2, 0.25) is 11.8 Å². The number of hydrogen-bond donors (Lipinski definition) is 2. The van der Waals surface area contributed by atoms with Crippen molar-refractivity contribution in [1.82, 2.24) is 10.2 Å². The largest absolute Gasteiger partial charge is 0.369 e. The molecule has 22 heavy (non-hydrogen) atoms. The highest BCUT2D eigenvalue weighted by atomic mass is 16.5. The molecule has 120 valence electrons. The predicted molar refractivity (Wildman–Crippen MR) is 82.9 cm³/mol. The van der Waals surface area contributed by atoms with E-state index < -0.39 is 6.04 Å². The monoisotopic (exact) mass is 305 g/mol. The van der Waals surface area contributed by atoms with Crippen molar-refractivity contribution in [2.75, 3.05) is 19.8 Å². The van der Waals surface area contributed by atoms with Crippen molar-refractivity contribution in [2.45, 2.75) is 32.0 Å². The van der Waals surface area contributed by atoms with Gasteiger partial charge in [-0.3, -0.25) is 9.59 Å². The number of rotatable bonds is 6. The van der Waals surface area contributed by atoms with Crippen LogP contribution in [0.5, 0.6) is 0 Å². The topological polar surface area (TPSA) is 84.7 Å². The van der Waals surface area contributed by atoms with Gasteiger partial charge in [-0.25, -0.2) is 0 Å². The van der Waals surface area contributed by atoms with Gasteiger partial charge in [0.05, 0.1) is 6.61 Å². The third-order valence-corrected chi connectivity index (χ3v) is 3.60. The van der Waals surface area contributed by atoms with E-state index in [0.29, 0.717) is 19.5 Å². The van der Waals surface area contributed by atoms with Gasteiger partial charge in [-0.2, -0.15) is 0 Å². The molecule has 1 aliphatic heterocycles. The maximum atomic E-state index is 12.3. The Morgan fingerprint density at radius 1 is 1.45 bits per heavy atom. The molecule has 1 aliphatic rings. The van der Waals surface area contributed by atoms with Crippen LogP contribution in [0.4, 0.5) is 0 Å². The van der Waals surface area contributed by atoms with Gasteiger partial charge in [0.15, 0.2) is 0 Å². The summed E-state index contributed by atoms with van der Waals surface area (Å²) in [6.45, 7) is 3.05. The molecule has 2 atom stereocenters. The van der Waals surface area contributed by atoms with Crippen molar-refractivity contribution in [3.63, 3.8) is 0 Å². The summed E-state index contributed by atoms with van der Waals surface area (Å²) in [7, 11) is 0. The number of ether oxygens (including phenoxy) is 1. The van der Waals surface area contributed by atoms with Crippen LogP contribution in [0.2, 0.25) is 0 Å². The number of nitrogens with one attached hydrogen (secondary N) is 1. The van der Waals surface area contributed by atoms with Crippen LogP contribution in [0.1, 0.15) is 18.9 Å². The lowest BCUT2D eigenvalue weighted by Gasteiger charge is -2.34. The molecular weight excluding hydrogens is 282 g/mol. The third kappa shape index (κ3) is 4.54. The Morgan fingerprint density at radius 2 is 2.18 bits per heavy atom. The van der Waals surface area contributed by atoms with Crippen molar-refractivity contribution in [2.24, 2.45) is 5.73 Å². The summed E-state index contributed by atoms with van der Waals surface area (Å²) < 4.78 is 5.23. The number of morpholine rings is 1. The van der Waals surface area contributed by atoms with E-state index in [-0.39, 0.29) is 31.1 Å². The average Bonchev–Trinajstić information content (AvgIpc) is 2.50. The summed E-state index contributed by atoms with van der Waals surface area (Å²) in [6.07, 6.45) is 0.700. The van der Waals surface area contributed by atoms with Crippen LogP contribution in [0.25, 0.3) is 0 Å². The molecule has 0 aliphatic carbocycles. The summed E-state index contributed by atoms with van der Waals surface area (Å²) in [5.74, 6) is -0.355. The molecule has 0 radical (unpaired) electrons. The van der Waals surface area contributed by atoms with Crippen molar-refractivity contribution < 1.29 is 14.3 Å². The lowest BCUT2D eigenvalue weighted by atomic mass is 10.1. The smallest absolute Gasteiger partial charge is 0.249 e. The van der Waals surface area contributed by atoms with Crippen LogP contribution in [-0.4, -0.2) is 48.6 Å². The molecule has 1 heterocycles.